The van der Waals surface area contributed by atoms with Crippen molar-refractivity contribution in [1.82, 2.24) is 0 Å². The van der Waals surface area contributed by atoms with Gasteiger partial charge in [-0.15, -0.1) is 0 Å². The van der Waals surface area contributed by atoms with Crippen LogP contribution in [-0.2, 0) is 11.2 Å². The number of benzene rings is 1. The third kappa shape index (κ3) is 12.4. The quantitative estimate of drug-likeness (QED) is 0.129. The number of ether oxygens (including phenoxy) is 2. The van der Waals surface area contributed by atoms with Crippen molar-refractivity contribution < 1.29 is 9.47 Å². The minimum atomic E-state index is -0.0377. The highest BCUT2D eigenvalue weighted by Gasteiger charge is 2.40. The van der Waals surface area contributed by atoms with Gasteiger partial charge in [0.1, 0.15) is 18.0 Å². The zero-order chi connectivity index (χ0) is 21.3. The van der Waals surface area contributed by atoms with E-state index >= 15 is 0 Å². The molecule has 0 saturated carbocycles. The van der Waals surface area contributed by atoms with Crippen molar-refractivity contribution in [2.24, 2.45) is 0 Å². The summed E-state index contributed by atoms with van der Waals surface area (Å²) in [6, 6.07) is 8.63. The monoisotopic (exact) mass is 414 g/mol. The molecule has 0 spiro atoms. The third-order valence-corrected chi connectivity index (χ3v) is 6.06. The fourth-order valence-corrected chi connectivity index (χ4v) is 3.78. The molecule has 30 heavy (non-hydrogen) atoms. The zero-order valence-corrected chi connectivity index (χ0v) is 19.8. The van der Waals surface area contributed by atoms with Crippen molar-refractivity contribution in [2.45, 2.75) is 116 Å². The van der Waals surface area contributed by atoms with Gasteiger partial charge in [0.05, 0.1) is 6.61 Å². The molecule has 2 nitrogen and oxygen atoms in total. The largest absolute Gasteiger partial charge is 0.491 e. The van der Waals surface area contributed by atoms with E-state index in [0.29, 0.717) is 6.61 Å². The first kappa shape index (κ1) is 25.0. The number of rotatable bonds is 19. The van der Waals surface area contributed by atoms with Gasteiger partial charge in [-0.25, -0.2) is 0 Å². The van der Waals surface area contributed by atoms with Crippen LogP contribution in [0.3, 0.4) is 0 Å². The Morgan fingerprint density at radius 3 is 1.90 bits per heavy atom. The van der Waals surface area contributed by atoms with E-state index in [4.69, 9.17) is 9.47 Å². The van der Waals surface area contributed by atoms with Crippen LogP contribution < -0.4 is 4.74 Å². The highest BCUT2D eigenvalue weighted by Crippen LogP contribution is 2.27. The van der Waals surface area contributed by atoms with Gasteiger partial charge in [0.15, 0.2) is 0 Å². The Bertz CT molecular complexity index is 557. The standard InChI is InChI=1S/C28H46O2/c1-3-4-5-6-7-8-9-10-11-12-13-14-15-16-17-18-19-26-20-22-27(23-21-26)29-24-28(2)25-30-28/h5-6,20-23H,3-4,7-19,24-25H2,1-2H3/b6-5+. The molecule has 1 aromatic rings. The van der Waals surface area contributed by atoms with E-state index in [2.05, 4.69) is 50.3 Å². The van der Waals surface area contributed by atoms with E-state index in [1.807, 2.05) is 0 Å². The molecule has 170 valence electrons. The summed E-state index contributed by atoms with van der Waals surface area (Å²) >= 11 is 0. The lowest BCUT2D eigenvalue weighted by Crippen LogP contribution is -2.16. The molecule has 1 atom stereocenters. The van der Waals surface area contributed by atoms with Gasteiger partial charge in [0, 0.05) is 0 Å². The molecular weight excluding hydrogens is 368 g/mol. The number of unbranched alkanes of at least 4 members (excludes halogenated alkanes) is 12. The fourth-order valence-electron chi connectivity index (χ4n) is 3.78. The average molecular weight is 415 g/mol. The van der Waals surface area contributed by atoms with Crippen molar-refractivity contribution in [3.05, 3.63) is 42.0 Å². The second kappa shape index (κ2) is 15.5. The first-order valence-corrected chi connectivity index (χ1v) is 12.7. The molecule has 1 aliphatic heterocycles. The maximum atomic E-state index is 5.80. The van der Waals surface area contributed by atoms with Gasteiger partial charge < -0.3 is 9.47 Å². The minimum absolute atomic E-state index is 0.0377. The van der Waals surface area contributed by atoms with Gasteiger partial charge in [-0.3, -0.25) is 0 Å². The molecule has 1 aliphatic rings. The van der Waals surface area contributed by atoms with E-state index in [0.717, 1.165) is 12.4 Å². The van der Waals surface area contributed by atoms with Crippen LogP contribution in [0.2, 0.25) is 0 Å². The Balaban J connectivity index is 1.33. The second-order valence-corrected chi connectivity index (χ2v) is 9.36. The summed E-state index contributed by atoms with van der Waals surface area (Å²) < 4.78 is 11.1. The summed E-state index contributed by atoms with van der Waals surface area (Å²) in [5.41, 5.74) is 1.39. The summed E-state index contributed by atoms with van der Waals surface area (Å²) in [6.45, 7) is 5.82. The van der Waals surface area contributed by atoms with Gasteiger partial charge in [-0.1, -0.05) is 95.4 Å². The van der Waals surface area contributed by atoms with Crippen molar-refractivity contribution in [2.75, 3.05) is 13.2 Å². The lowest BCUT2D eigenvalue weighted by Gasteiger charge is -2.09. The van der Waals surface area contributed by atoms with Crippen LogP contribution in [0.15, 0.2) is 36.4 Å². The highest BCUT2D eigenvalue weighted by atomic mass is 16.6. The number of hydrogen-bond donors (Lipinski definition) is 0. The fraction of sp³-hybridized carbons (Fsp3) is 0.714. The van der Waals surface area contributed by atoms with E-state index in [-0.39, 0.29) is 5.60 Å². The van der Waals surface area contributed by atoms with Gasteiger partial charge >= 0.3 is 0 Å². The van der Waals surface area contributed by atoms with Crippen LogP contribution in [0, 0.1) is 0 Å². The first-order chi connectivity index (χ1) is 14.7. The highest BCUT2D eigenvalue weighted by molar-refractivity contribution is 5.27. The molecule has 1 aromatic carbocycles. The molecule has 0 amide bonds. The van der Waals surface area contributed by atoms with Crippen molar-refractivity contribution >= 4 is 0 Å². The number of allylic oxidation sites excluding steroid dienone is 2. The third-order valence-electron chi connectivity index (χ3n) is 6.06. The molecule has 2 rings (SSSR count). The van der Waals surface area contributed by atoms with Gasteiger partial charge in [0.25, 0.3) is 0 Å². The van der Waals surface area contributed by atoms with E-state index < -0.39 is 0 Å². The predicted molar refractivity (Wildman–Crippen MR) is 129 cm³/mol. The molecule has 0 radical (unpaired) electrons. The molecule has 1 heterocycles. The molecular formula is C28H46O2. The molecule has 2 heteroatoms. The average Bonchev–Trinajstić information content (AvgIpc) is 3.50. The Morgan fingerprint density at radius 1 is 0.800 bits per heavy atom. The van der Waals surface area contributed by atoms with Gasteiger partial charge in [-0.2, -0.15) is 0 Å². The number of epoxide rings is 1. The summed E-state index contributed by atoms with van der Waals surface area (Å²) in [5.74, 6) is 0.958. The molecule has 1 unspecified atom stereocenters. The topological polar surface area (TPSA) is 21.8 Å². The predicted octanol–water partition coefficient (Wildman–Crippen LogP) is 8.43. The Hall–Kier alpha value is -1.28. The Morgan fingerprint density at radius 2 is 1.33 bits per heavy atom. The number of hydrogen-bond acceptors (Lipinski definition) is 2. The lowest BCUT2D eigenvalue weighted by atomic mass is 10.0. The first-order valence-electron chi connectivity index (χ1n) is 12.7. The molecule has 0 N–H and O–H groups in total. The van der Waals surface area contributed by atoms with Gasteiger partial charge in [-0.05, 0) is 56.7 Å². The second-order valence-electron chi connectivity index (χ2n) is 9.36. The van der Waals surface area contributed by atoms with Crippen LogP contribution in [0.5, 0.6) is 5.75 Å². The molecule has 1 fully saturated rings. The summed E-state index contributed by atoms with van der Waals surface area (Å²) in [4.78, 5) is 0. The minimum Gasteiger partial charge on any atom is -0.491 e. The zero-order valence-electron chi connectivity index (χ0n) is 19.8. The summed E-state index contributed by atoms with van der Waals surface area (Å²) in [5, 5.41) is 0. The van der Waals surface area contributed by atoms with Crippen molar-refractivity contribution in [3.63, 3.8) is 0 Å². The SMILES string of the molecule is CCC/C=C/CCCCCCCCCCCCCc1ccc(OCC2(C)CO2)cc1. The molecule has 0 aromatic heterocycles. The van der Waals surface area contributed by atoms with Gasteiger partial charge in [0.2, 0.25) is 0 Å². The molecule has 0 aliphatic carbocycles. The van der Waals surface area contributed by atoms with Crippen LogP contribution in [0.1, 0.15) is 109 Å². The maximum absolute atomic E-state index is 5.80. The Labute approximate surface area is 186 Å². The molecule has 1 saturated heterocycles. The lowest BCUT2D eigenvalue weighted by molar-refractivity contribution is 0.202. The van der Waals surface area contributed by atoms with Crippen LogP contribution >= 0.6 is 0 Å². The summed E-state index contributed by atoms with van der Waals surface area (Å²) in [7, 11) is 0. The van der Waals surface area contributed by atoms with Crippen molar-refractivity contribution in [3.8, 4) is 5.75 Å². The van der Waals surface area contributed by atoms with Crippen LogP contribution in [0.25, 0.3) is 0 Å². The van der Waals surface area contributed by atoms with Crippen LogP contribution in [-0.4, -0.2) is 18.8 Å². The molecule has 0 bridgehead atoms. The van der Waals surface area contributed by atoms with Crippen molar-refractivity contribution in [1.29, 1.82) is 0 Å². The smallest absolute Gasteiger partial charge is 0.123 e. The van der Waals surface area contributed by atoms with E-state index in [9.17, 15) is 0 Å². The van der Waals surface area contributed by atoms with Crippen LogP contribution in [0.4, 0.5) is 0 Å². The maximum Gasteiger partial charge on any atom is 0.123 e. The van der Waals surface area contributed by atoms with E-state index in [1.165, 1.54) is 102 Å². The summed E-state index contributed by atoms with van der Waals surface area (Å²) in [6.07, 6.45) is 25.1. The van der Waals surface area contributed by atoms with E-state index in [1.54, 1.807) is 0 Å². The normalized spacial score (nSPS) is 18.2. The number of aryl methyl sites for hydroxylation is 1. The Kier molecular flexibility index (Phi) is 12.9.